The van der Waals surface area contributed by atoms with Crippen molar-refractivity contribution in [3.63, 3.8) is 0 Å². The van der Waals surface area contributed by atoms with E-state index in [1.165, 1.54) is 43.0 Å². The number of piperidine rings is 1. The first kappa shape index (κ1) is 17.2. The summed E-state index contributed by atoms with van der Waals surface area (Å²) >= 11 is 0. The second-order valence-corrected chi connectivity index (χ2v) is 8.73. The number of H-pyrrole nitrogens is 2. The fourth-order valence-corrected chi connectivity index (χ4v) is 5.63. The van der Waals surface area contributed by atoms with Crippen LogP contribution in [0.2, 0.25) is 0 Å². The van der Waals surface area contributed by atoms with Gasteiger partial charge in [0.1, 0.15) is 11.6 Å². The van der Waals surface area contributed by atoms with E-state index in [0.29, 0.717) is 12.1 Å². The smallest absolute Gasteiger partial charge is 0.125 e. The summed E-state index contributed by atoms with van der Waals surface area (Å²) in [5.74, 6) is 0.219. The highest BCUT2D eigenvalue weighted by Crippen LogP contribution is 2.40. The minimum Gasteiger partial charge on any atom is -0.353 e. The van der Waals surface area contributed by atoms with Crippen molar-refractivity contribution in [1.29, 1.82) is 0 Å². The Balaban J connectivity index is 1.53. The number of halogens is 2. The molecule has 1 aliphatic heterocycles. The molecule has 3 heterocycles. The van der Waals surface area contributed by atoms with E-state index in [4.69, 9.17) is 0 Å². The van der Waals surface area contributed by atoms with Crippen LogP contribution in [-0.4, -0.2) is 22.1 Å². The number of aromatic amines is 2. The Bertz CT molecular complexity index is 1250. The molecule has 1 aliphatic carbocycles. The summed E-state index contributed by atoms with van der Waals surface area (Å²) in [6.45, 7) is 2.05. The Morgan fingerprint density at radius 3 is 2.28 bits per heavy atom. The van der Waals surface area contributed by atoms with Gasteiger partial charge in [-0.2, -0.15) is 0 Å². The van der Waals surface area contributed by atoms with E-state index in [-0.39, 0.29) is 11.6 Å². The maximum absolute atomic E-state index is 13.9. The van der Waals surface area contributed by atoms with Crippen LogP contribution in [0.4, 0.5) is 8.78 Å². The van der Waals surface area contributed by atoms with Crippen LogP contribution in [0.1, 0.15) is 30.4 Å². The summed E-state index contributed by atoms with van der Waals surface area (Å²) < 4.78 is 27.7. The first-order valence-corrected chi connectivity index (χ1v) is 10.4. The lowest BCUT2D eigenvalue weighted by atomic mass is 9.91. The van der Waals surface area contributed by atoms with E-state index in [2.05, 4.69) is 22.2 Å². The van der Waals surface area contributed by atoms with E-state index in [1.54, 1.807) is 6.07 Å². The minimum atomic E-state index is -0.254. The number of rotatable bonds is 3. The molecule has 6 rings (SSSR count). The van der Waals surface area contributed by atoms with Gasteiger partial charge < -0.3 is 15.3 Å². The lowest BCUT2D eigenvalue weighted by molar-refractivity contribution is 0.380. The average Bonchev–Trinajstić information content (AvgIpc) is 3.45. The maximum Gasteiger partial charge on any atom is 0.125 e. The zero-order valence-corrected chi connectivity index (χ0v) is 16.3. The average molecular weight is 391 g/mol. The van der Waals surface area contributed by atoms with Crippen molar-refractivity contribution in [2.75, 3.05) is 0 Å². The first-order valence-electron chi connectivity index (χ1n) is 10.4. The van der Waals surface area contributed by atoms with E-state index in [1.807, 2.05) is 12.1 Å². The second-order valence-electron chi connectivity index (χ2n) is 8.73. The van der Waals surface area contributed by atoms with Crippen LogP contribution in [0.3, 0.4) is 0 Å². The molecule has 2 bridgehead atoms. The third kappa shape index (κ3) is 2.64. The fraction of sp³-hybridized carbons (Fsp3) is 0.333. The molecule has 2 aromatic heterocycles. The topological polar surface area (TPSA) is 43.6 Å². The van der Waals surface area contributed by atoms with Crippen LogP contribution in [0.5, 0.6) is 0 Å². The number of hydrogen-bond donors (Lipinski definition) is 3. The van der Waals surface area contributed by atoms with Crippen molar-refractivity contribution in [3.8, 4) is 11.4 Å². The van der Waals surface area contributed by atoms with Crippen molar-refractivity contribution in [2.45, 2.75) is 44.7 Å². The highest BCUT2D eigenvalue weighted by atomic mass is 19.1. The van der Waals surface area contributed by atoms with Crippen LogP contribution in [-0.2, 0) is 6.42 Å². The lowest BCUT2D eigenvalue weighted by Crippen LogP contribution is -2.37. The van der Waals surface area contributed by atoms with Gasteiger partial charge in [0.05, 0.1) is 11.4 Å². The molecule has 3 N–H and O–H groups in total. The number of fused-ring (bicyclic) bond motifs is 4. The van der Waals surface area contributed by atoms with E-state index in [0.717, 1.165) is 51.1 Å². The van der Waals surface area contributed by atoms with Crippen molar-refractivity contribution in [2.24, 2.45) is 5.92 Å². The normalized spacial score (nSPS) is 23.6. The summed E-state index contributed by atoms with van der Waals surface area (Å²) in [6.07, 6.45) is 4.74. The standard InChI is InChI=1S/C24H23F2N3/c1-12-17-6-3-14(25)9-21(17)28-23(12)24-19(11-20-13-2-5-16(8-13)27-20)18-7-4-15(26)10-22(18)29-24/h3-4,6-7,9-10,13,16,20,27-29H,2,5,8,11H2,1H3/t13?,16?,20-/m1/s1. The molecule has 2 aromatic carbocycles. The summed E-state index contributed by atoms with van der Waals surface area (Å²) in [5, 5.41) is 5.86. The number of benzene rings is 2. The van der Waals surface area contributed by atoms with Crippen LogP contribution in [0, 0.1) is 24.5 Å². The first-order chi connectivity index (χ1) is 14.1. The quantitative estimate of drug-likeness (QED) is 0.419. The molecule has 5 heteroatoms. The predicted molar refractivity (Wildman–Crippen MR) is 112 cm³/mol. The van der Waals surface area contributed by atoms with Crippen LogP contribution < -0.4 is 5.32 Å². The Morgan fingerprint density at radius 2 is 1.59 bits per heavy atom. The van der Waals surface area contributed by atoms with Crippen molar-refractivity contribution in [1.82, 2.24) is 15.3 Å². The molecule has 2 fully saturated rings. The van der Waals surface area contributed by atoms with E-state index >= 15 is 0 Å². The highest BCUT2D eigenvalue weighted by Gasteiger charge is 2.39. The molecule has 148 valence electrons. The Labute approximate surface area is 167 Å². The van der Waals surface area contributed by atoms with Gasteiger partial charge >= 0.3 is 0 Å². The molecule has 0 spiro atoms. The third-order valence-corrected chi connectivity index (χ3v) is 7.05. The van der Waals surface area contributed by atoms with Gasteiger partial charge in [0.25, 0.3) is 0 Å². The largest absolute Gasteiger partial charge is 0.353 e. The van der Waals surface area contributed by atoms with Gasteiger partial charge in [0.15, 0.2) is 0 Å². The molecule has 3 nitrogen and oxygen atoms in total. The van der Waals surface area contributed by atoms with Crippen LogP contribution >= 0.6 is 0 Å². The van der Waals surface area contributed by atoms with Gasteiger partial charge in [-0.25, -0.2) is 8.78 Å². The maximum atomic E-state index is 13.9. The zero-order valence-electron chi connectivity index (χ0n) is 16.3. The molecular weight excluding hydrogens is 368 g/mol. The van der Waals surface area contributed by atoms with Crippen LogP contribution in [0.15, 0.2) is 36.4 Å². The number of aryl methyl sites for hydroxylation is 1. The summed E-state index contributed by atoms with van der Waals surface area (Å²) in [4.78, 5) is 6.87. The SMILES string of the molecule is Cc1c(-c2[nH]c3cc(F)ccc3c2C[C@H]2NC3CCC2C3)[nH]c2cc(F)ccc12. The number of nitrogens with one attached hydrogen (secondary N) is 3. The lowest BCUT2D eigenvalue weighted by Gasteiger charge is -2.23. The molecule has 29 heavy (non-hydrogen) atoms. The van der Waals surface area contributed by atoms with Crippen LogP contribution in [0.25, 0.3) is 33.2 Å². The van der Waals surface area contributed by atoms with Gasteiger partial charge in [-0.15, -0.1) is 0 Å². The third-order valence-electron chi connectivity index (χ3n) is 7.05. The van der Waals surface area contributed by atoms with Gasteiger partial charge in [0, 0.05) is 33.9 Å². The molecule has 2 unspecified atom stereocenters. The molecule has 1 saturated heterocycles. The molecule has 3 atom stereocenters. The van der Waals surface area contributed by atoms with Crippen molar-refractivity contribution in [3.05, 3.63) is 59.2 Å². The number of aromatic nitrogens is 2. The van der Waals surface area contributed by atoms with Gasteiger partial charge in [0.2, 0.25) is 0 Å². The predicted octanol–water partition coefficient (Wildman–Crippen LogP) is 5.59. The Morgan fingerprint density at radius 1 is 0.897 bits per heavy atom. The van der Waals surface area contributed by atoms with Gasteiger partial charge in [-0.05, 0) is 86.1 Å². The fourth-order valence-electron chi connectivity index (χ4n) is 5.63. The van der Waals surface area contributed by atoms with Gasteiger partial charge in [-0.1, -0.05) is 0 Å². The molecule has 1 saturated carbocycles. The van der Waals surface area contributed by atoms with Gasteiger partial charge in [-0.3, -0.25) is 0 Å². The van der Waals surface area contributed by atoms with Crippen molar-refractivity contribution >= 4 is 21.8 Å². The van der Waals surface area contributed by atoms with Crippen molar-refractivity contribution < 1.29 is 8.78 Å². The number of hydrogen-bond acceptors (Lipinski definition) is 1. The van der Waals surface area contributed by atoms with E-state index in [9.17, 15) is 8.78 Å². The zero-order chi connectivity index (χ0) is 19.7. The monoisotopic (exact) mass is 391 g/mol. The highest BCUT2D eigenvalue weighted by molar-refractivity contribution is 5.95. The minimum absolute atomic E-state index is 0.245. The Hall–Kier alpha value is -2.66. The molecule has 4 aromatic rings. The summed E-state index contributed by atoms with van der Waals surface area (Å²) in [5.41, 5.74) is 5.83. The molecular formula is C24H23F2N3. The van der Waals surface area contributed by atoms with E-state index < -0.39 is 0 Å². The molecule has 0 amide bonds. The summed E-state index contributed by atoms with van der Waals surface area (Å²) in [7, 11) is 0. The molecule has 2 aliphatic rings. The summed E-state index contributed by atoms with van der Waals surface area (Å²) in [6, 6.07) is 10.9. The molecule has 0 radical (unpaired) electrons. The Kier molecular flexibility index (Phi) is 3.66. The second kappa shape index (κ2) is 6.17.